The minimum absolute atomic E-state index is 0.160. The van der Waals surface area contributed by atoms with E-state index in [9.17, 15) is 8.42 Å². The van der Waals surface area contributed by atoms with Gasteiger partial charge in [0.1, 0.15) is 0 Å². The predicted octanol–water partition coefficient (Wildman–Crippen LogP) is 1.40. The Morgan fingerprint density at radius 2 is 2.08 bits per heavy atom. The fourth-order valence-corrected chi connectivity index (χ4v) is 3.45. The lowest BCUT2D eigenvalue weighted by molar-refractivity contribution is 0.204. The molecule has 4 heteroatoms. The van der Waals surface area contributed by atoms with E-state index in [1.54, 1.807) is 0 Å². The van der Waals surface area contributed by atoms with Crippen molar-refractivity contribution in [3.8, 4) is 0 Å². The molecule has 0 bridgehead atoms. The third-order valence-corrected chi connectivity index (χ3v) is 3.54. The van der Waals surface area contributed by atoms with Gasteiger partial charge in [-0.1, -0.05) is 20.8 Å². The van der Waals surface area contributed by atoms with Gasteiger partial charge in [-0.05, 0) is 12.3 Å². The smallest absolute Gasteiger partial charge is 0.267 e. The normalized spacial score (nSPS) is 34.3. The van der Waals surface area contributed by atoms with Crippen molar-refractivity contribution >= 4 is 10.1 Å². The minimum Gasteiger partial charge on any atom is -0.269 e. The van der Waals surface area contributed by atoms with Gasteiger partial charge in [-0.3, -0.25) is 4.18 Å². The Morgan fingerprint density at radius 3 is 2.42 bits per heavy atom. The van der Waals surface area contributed by atoms with Gasteiger partial charge in [-0.25, -0.2) is 0 Å². The molecule has 0 saturated carbocycles. The largest absolute Gasteiger partial charge is 0.269 e. The summed E-state index contributed by atoms with van der Waals surface area (Å²) in [7, 11) is -3.20. The van der Waals surface area contributed by atoms with Gasteiger partial charge in [0.05, 0.1) is 12.4 Å². The lowest BCUT2D eigenvalue weighted by atomic mass is 9.85. The third kappa shape index (κ3) is 2.45. The molecule has 0 spiro atoms. The molecule has 0 N–H and O–H groups in total. The topological polar surface area (TPSA) is 43.4 Å². The molecular weight excluding hydrogens is 176 g/mol. The zero-order valence-corrected chi connectivity index (χ0v) is 8.65. The highest BCUT2D eigenvalue weighted by Crippen LogP contribution is 2.34. The van der Waals surface area contributed by atoms with Gasteiger partial charge in [-0.15, -0.1) is 0 Å². The molecule has 1 fully saturated rings. The number of hydrogen-bond donors (Lipinski definition) is 0. The van der Waals surface area contributed by atoms with E-state index in [4.69, 9.17) is 4.18 Å². The zero-order valence-electron chi connectivity index (χ0n) is 7.83. The van der Waals surface area contributed by atoms with Gasteiger partial charge in [-0.2, -0.15) is 8.42 Å². The van der Waals surface area contributed by atoms with Crippen LogP contribution in [0.3, 0.4) is 0 Å². The van der Waals surface area contributed by atoms with Crippen LogP contribution in [0.15, 0.2) is 0 Å². The van der Waals surface area contributed by atoms with Crippen LogP contribution in [0, 0.1) is 11.3 Å². The first kappa shape index (κ1) is 9.99. The molecule has 3 nitrogen and oxygen atoms in total. The molecule has 12 heavy (non-hydrogen) atoms. The first-order valence-corrected chi connectivity index (χ1v) is 5.78. The fourth-order valence-electron chi connectivity index (χ4n) is 1.85. The van der Waals surface area contributed by atoms with E-state index < -0.39 is 10.1 Å². The number of rotatable bonds is 2. The highest BCUT2D eigenvalue weighted by Gasteiger charge is 2.39. The summed E-state index contributed by atoms with van der Waals surface area (Å²) in [5, 5.41) is 0. The monoisotopic (exact) mass is 192 g/mol. The molecule has 0 aromatic rings. The van der Waals surface area contributed by atoms with Crippen molar-refractivity contribution in [1.82, 2.24) is 0 Å². The Balaban J connectivity index is 2.65. The second-order valence-corrected chi connectivity index (χ2v) is 6.01. The van der Waals surface area contributed by atoms with Crippen LogP contribution in [0.5, 0.6) is 0 Å². The van der Waals surface area contributed by atoms with Crippen molar-refractivity contribution in [2.45, 2.75) is 27.2 Å². The van der Waals surface area contributed by atoms with Crippen molar-refractivity contribution in [2.75, 3.05) is 12.4 Å². The highest BCUT2D eigenvalue weighted by atomic mass is 32.2. The van der Waals surface area contributed by atoms with Crippen LogP contribution < -0.4 is 0 Å². The Morgan fingerprint density at radius 1 is 1.50 bits per heavy atom. The van der Waals surface area contributed by atoms with E-state index in [2.05, 4.69) is 13.8 Å². The summed E-state index contributed by atoms with van der Waals surface area (Å²) in [6.45, 7) is 6.51. The lowest BCUT2D eigenvalue weighted by Gasteiger charge is -2.21. The molecule has 1 atom stereocenters. The van der Waals surface area contributed by atoms with Crippen LogP contribution in [0.1, 0.15) is 27.2 Å². The zero-order chi connectivity index (χ0) is 9.41. The molecule has 1 aliphatic heterocycles. The van der Waals surface area contributed by atoms with E-state index in [-0.39, 0.29) is 11.2 Å². The second kappa shape index (κ2) is 3.00. The molecule has 0 radical (unpaired) electrons. The highest BCUT2D eigenvalue weighted by molar-refractivity contribution is 7.87. The molecule has 0 amide bonds. The van der Waals surface area contributed by atoms with E-state index in [1.807, 2.05) is 6.92 Å². The minimum atomic E-state index is -3.20. The Kier molecular flexibility index (Phi) is 2.50. The Hall–Kier alpha value is -0.0900. The summed E-state index contributed by atoms with van der Waals surface area (Å²) in [4.78, 5) is 0. The Bertz CT molecular complexity index is 255. The van der Waals surface area contributed by atoms with Crippen LogP contribution in [-0.2, 0) is 14.3 Å². The Labute approximate surface area is 74.2 Å². The molecule has 0 aromatic heterocycles. The van der Waals surface area contributed by atoms with Crippen LogP contribution in [-0.4, -0.2) is 20.8 Å². The van der Waals surface area contributed by atoms with Crippen LogP contribution >= 0.6 is 0 Å². The van der Waals surface area contributed by atoms with Crippen molar-refractivity contribution in [3.63, 3.8) is 0 Å². The van der Waals surface area contributed by atoms with Gasteiger partial charge in [0.25, 0.3) is 10.1 Å². The summed E-state index contributed by atoms with van der Waals surface area (Å²) in [5.41, 5.74) is -0.160. The summed E-state index contributed by atoms with van der Waals surface area (Å²) >= 11 is 0. The van der Waals surface area contributed by atoms with Crippen LogP contribution in [0.2, 0.25) is 0 Å². The molecule has 0 unspecified atom stereocenters. The second-order valence-electron chi connectivity index (χ2n) is 4.37. The van der Waals surface area contributed by atoms with E-state index in [0.29, 0.717) is 12.5 Å². The van der Waals surface area contributed by atoms with Crippen LogP contribution in [0.25, 0.3) is 0 Å². The molecule has 1 heterocycles. The third-order valence-electron chi connectivity index (χ3n) is 2.01. The molecule has 1 aliphatic rings. The van der Waals surface area contributed by atoms with E-state index in [0.717, 1.165) is 6.42 Å². The average Bonchev–Trinajstić information content (AvgIpc) is 2.03. The average molecular weight is 192 g/mol. The molecule has 72 valence electrons. The molecule has 1 rings (SSSR count). The van der Waals surface area contributed by atoms with Gasteiger partial charge >= 0.3 is 0 Å². The van der Waals surface area contributed by atoms with Gasteiger partial charge in [0.15, 0.2) is 0 Å². The maximum absolute atomic E-state index is 11.0. The summed E-state index contributed by atoms with van der Waals surface area (Å²) in [6.07, 6.45) is 0.909. The van der Waals surface area contributed by atoms with E-state index >= 15 is 0 Å². The summed E-state index contributed by atoms with van der Waals surface area (Å²) in [5.74, 6) is 0.699. The van der Waals surface area contributed by atoms with Crippen molar-refractivity contribution in [1.29, 1.82) is 0 Å². The summed E-state index contributed by atoms with van der Waals surface area (Å²) < 4.78 is 26.7. The van der Waals surface area contributed by atoms with Gasteiger partial charge in [0, 0.05) is 5.41 Å². The first-order chi connectivity index (χ1) is 5.33. The van der Waals surface area contributed by atoms with E-state index in [1.165, 1.54) is 0 Å². The number of hydrogen-bond acceptors (Lipinski definition) is 3. The van der Waals surface area contributed by atoms with Crippen molar-refractivity contribution in [3.05, 3.63) is 0 Å². The van der Waals surface area contributed by atoms with Crippen molar-refractivity contribution in [2.24, 2.45) is 11.3 Å². The maximum Gasteiger partial charge on any atom is 0.267 e. The fraction of sp³-hybridized carbons (Fsp3) is 1.00. The summed E-state index contributed by atoms with van der Waals surface area (Å²) in [6, 6.07) is 0. The predicted molar refractivity (Wildman–Crippen MR) is 47.3 cm³/mol. The lowest BCUT2D eigenvalue weighted by Crippen LogP contribution is -2.23. The quantitative estimate of drug-likeness (QED) is 0.621. The van der Waals surface area contributed by atoms with Crippen LogP contribution in [0.4, 0.5) is 0 Å². The maximum atomic E-state index is 11.0. The SMILES string of the molecule is CC(C)C[C@@]1(C)COS(=O)(=O)C1. The first-order valence-electron chi connectivity index (χ1n) is 4.20. The van der Waals surface area contributed by atoms with Gasteiger partial charge in [0.2, 0.25) is 0 Å². The molecule has 1 saturated heterocycles. The molecule has 0 aliphatic carbocycles. The van der Waals surface area contributed by atoms with Crippen molar-refractivity contribution < 1.29 is 12.6 Å². The molecular formula is C8H16O3S. The van der Waals surface area contributed by atoms with Gasteiger partial charge < -0.3 is 0 Å². The standard InChI is InChI=1S/C8H16O3S/c1-7(2)4-8(3)5-11-12(9,10)6-8/h7H,4-6H2,1-3H3/t8-/m0/s1. The molecule has 0 aromatic carbocycles.